The first kappa shape index (κ1) is 17.0. The van der Waals surface area contributed by atoms with Gasteiger partial charge in [-0.25, -0.2) is 0 Å². The lowest BCUT2D eigenvalue weighted by Crippen LogP contribution is -2.50. The number of nitrogens with one attached hydrogen (secondary N) is 1. The molecule has 0 bridgehead atoms. The Balaban J connectivity index is 1.32. The third-order valence-corrected chi connectivity index (χ3v) is 5.98. The molecule has 0 spiro atoms. The molecule has 25 heavy (non-hydrogen) atoms. The van der Waals surface area contributed by atoms with Crippen LogP contribution < -0.4 is 5.32 Å². The fraction of sp³-hybridized carbons (Fsp3) is 0.778. The molecule has 7 nitrogen and oxygen atoms in total. The Kier molecular flexibility index (Phi) is 5.05. The van der Waals surface area contributed by atoms with Gasteiger partial charge in [-0.15, -0.1) is 0 Å². The van der Waals surface area contributed by atoms with Gasteiger partial charge in [-0.2, -0.15) is 5.10 Å². The fourth-order valence-electron chi connectivity index (χ4n) is 4.48. The average Bonchev–Trinajstić information content (AvgIpc) is 3.26. The molecule has 138 valence electrons. The number of hydrogen-bond acceptors (Lipinski definition) is 5. The highest BCUT2D eigenvalue weighted by Crippen LogP contribution is 2.35. The summed E-state index contributed by atoms with van der Waals surface area (Å²) in [5.74, 6) is 1.08. The van der Waals surface area contributed by atoms with Crippen LogP contribution in [0.3, 0.4) is 0 Å². The third kappa shape index (κ3) is 3.73. The van der Waals surface area contributed by atoms with Crippen molar-refractivity contribution < 1.29 is 14.3 Å². The number of hydrogen-bond donors (Lipinski definition) is 1. The van der Waals surface area contributed by atoms with Crippen LogP contribution in [0, 0.1) is 11.8 Å². The van der Waals surface area contributed by atoms with Gasteiger partial charge in [0.05, 0.1) is 24.5 Å². The van der Waals surface area contributed by atoms with Crippen molar-refractivity contribution >= 4 is 5.91 Å². The van der Waals surface area contributed by atoms with Crippen molar-refractivity contribution in [1.82, 2.24) is 20.0 Å². The number of rotatable bonds is 4. The number of carbonyl (C=O) groups is 1. The molecule has 4 rings (SSSR count). The molecule has 0 unspecified atom stereocenters. The van der Waals surface area contributed by atoms with Gasteiger partial charge in [0, 0.05) is 51.5 Å². The zero-order valence-electron chi connectivity index (χ0n) is 14.9. The SMILES string of the molecule is Cn1cc(C(=O)NC[C@@H]2OC[C@H]3CCN(C4CCOCC4)C[C@H]32)cn1. The summed E-state index contributed by atoms with van der Waals surface area (Å²) in [6, 6.07) is 0.654. The van der Waals surface area contributed by atoms with E-state index < -0.39 is 0 Å². The van der Waals surface area contributed by atoms with E-state index in [1.807, 2.05) is 7.05 Å². The molecule has 1 amide bonds. The second-order valence-corrected chi connectivity index (χ2v) is 7.54. The van der Waals surface area contributed by atoms with Gasteiger partial charge in [0.15, 0.2) is 0 Å². The maximum Gasteiger partial charge on any atom is 0.254 e. The number of amides is 1. The molecule has 0 aliphatic carbocycles. The third-order valence-electron chi connectivity index (χ3n) is 5.98. The number of piperidine rings is 1. The smallest absolute Gasteiger partial charge is 0.254 e. The Labute approximate surface area is 148 Å². The summed E-state index contributed by atoms with van der Waals surface area (Å²) in [5.41, 5.74) is 0.601. The Bertz CT molecular complexity index is 599. The first-order valence-corrected chi connectivity index (χ1v) is 9.41. The molecule has 0 saturated carbocycles. The molecule has 1 aromatic rings. The van der Waals surface area contributed by atoms with Crippen molar-refractivity contribution in [3.8, 4) is 0 Å². The lowest BCUT2D eigenvalue weighted by Gasteiger charge is -2.41. The molecule has 3 atom stereocenters. The highest BCUT2D eigenvalue weighted by atomic mass is 16.5. The monoisotopic (exact) mass is 348 g/mol. The lowest BCUT2D eigenvalue weighted by molar-refractivity contribution is 0.00539. The minimum atomic E-state index is -0.0720. The van der Waals surface area contributed by atoms with Crippen LogP contribution >= 0.6 is 0 Å². The molecule has 4 heterocycles. The molecule has 0 radical (unpaired) electrons. The van der Waals surface area contributed by atoms with Crippen LogP contribution in [-0.2, 0) is 16.5 Å². The molecule has 3 saturated heterocycles. The predicted octanol–water partition coefficient (Wildman–Crippen LogP) is 0.666. The molecule has 3 aliphatic heterocycles. The first-order chi connectivity index (χ1) is 12.2. The highest BCUT2D eigenvalue weighted by Gasteiger charge is 2.42. The van der Waals surface area contributed by atoms with Crippen LogP contribution in [-0.4, -0.2) is 72.2 Å². The van der Waals surface area contributed by atoms with Gasteiger partial charge < -0.3 is 14.8 Å². The van der Waals surface area contributed by atoms with Gasteiger partial charge in [0.25, 0.3) is 5.91 Å². The van der Waals surface area contributed by atoms with Crippen LogP contribution in [0.25, 0.3) is 0 Å². The zero-order valence-corrected chi connectivity index (χ0v) is 14.9. The number of likely N-dealkylation sites (tertiary alicyclic amines) is 1. The molecule has 3 fully saturated rings. The van der Waals surface area contributed by atoms with E-state index >= 15 is 0 Å². The summed E-state index contributed by atoms with van der Waals surface area (Å²) in [5, 5.41) is 7.08. The second-order valence-electron chi connectivity index (χ2n) is 7.54. The van der Waals surface area contributed by atoms with Gasteiger partial charge in [-0.3, -0.25) is 14.4 Å². The Morgan fingerprint density at radius 3 is 2.96 bits per heavy atom. The predicted molar refractivity (Wildman–Crippen MR) is 92.3 cm³/mol. The quantitative estimate of drug-likeness (QED) is 0.866. The van der Waals surface area contributed by atoms with E-state index in [2.05, 4.69) is 15.3 Å². The summed E-state index contributed by atoms with van der Waals surface area (Å²) in [6.07, 6.45) is 6.94. The number of fused-ring (bicyclic) bond motifs is 1. The van der Waals surface area contributed by atoms with Crippen LogP contribution in [0.1, 0.15) is 29.6 Å². The van der Waals surface area contributed by atoms with E-state index in [9.17, 15) is 4.79 Å². The van der Waals surface area contributed by atoms with Gasteiger partial charge in [-0.05, 0) is 31.7 Å². The van der Waals surface area contributed by atoms with Gasteiger partial charge >= 0.3 is 0 Å². The topological polar surface area (TPSA) is 68.6 Å². The van der Waals surface area contributed by atoms with E-state index in [-0.39, 0.29) is 12.0 Å². The standard InChI is InChI=1S/C18H28N4O3/c1-21-10-14(8-20-21)18(23)19-9-17-16-11-22(5-2-13(16)12-25-17)15-3-6-24-7-4-15/h8,10,13,15-17H,2-7,9,11-12H2,1H3,(H,19,23)/t13-,16-,17+/m1/s1. The molecular formula is C18H28N4O3. The molecule has 3 aliphatic rings. The van der Waals surface area contributed by atoms with Crippen molar-refractivity contribution in [3.05, 3.63) is 18.0 Å². The molecule has 1 N–H and O–H groups in total. The minimum Gasteiger partial charge on any atom is -0.381 e. The maximum absolute atomic E-state index is 12.2. The Morgan fingerprint density at radius 1 is 1.36 bits per heavy atom. The molecule has 0 aromatic carbocycles. The number of ether oxygens (including phenoxy) is 2. The molecular weight excluding hydrogens is 320 g/mol. The summed E-state index contributed by atoms with van der Waals surface area (Å²) >= 11 is 0. The van der Waals surface area contributed by atoms with Crippen molar-refractivity contribution in [2.45, 2.75) is 31.4 Å². The number of aryl methyl sites for hydroxylation is 1. The number of carbonyl (C=O) groups excluding carboxylic acids is 1. The first-order valence-electron chi connectivity index (χ1n) is 9.41. The lowest BCUT2D eigenvalue weighted by atomic mass is 9.83. The summed E-state index contributed by atoms with van der Waals surface area (Å²) in [6.45, 7) is 5.44. The van der Waals surface area contributed by atoms with Crippen LogP contribution in [0.15, 0.2) is 12.4 Å². The Morgan fingerprint density at radius 2 is 2.20 bits per heavy atom. The van der Waals surface area contributed by atoms with Crippen LogP contribution in [0.5, 0.6) is 0 Å². The van der Waals surface area contributed by atoms with Crippen molar-refractivity contribution in [2.24, 2.45) is 18.9 Å². The fourth-order valence-corrected chi connectivity index (χ4v) is 4.48. The summed E-state index contributed by atoms with van der Waals surface area (Å²) in [7, 11) is 1.81. The normalized spacial score (nSPS) is 31.0. The van der Waals surface area contributed by atoms with E-state index in [0.717, 1.165) is 39.2 Å². The van der Waals surface area contributed by atoms with Gasteiger partial charge in [0.1, 0.15) is 0 Å². The minimum absolute atomic E-state index is 0.0720. The van der Waals surface area contributed by atoms with Crippen molar-refractivity contribution in [3.63, 3.8) is 0 Å². The number of nitrogens with zero attached hydrogens (tertiary/aromatic N) is 3. The summed E-state index contributed by atoms with van der Waals surface area (Å²) < 4.78 is 13.2. The average molecular weight is 348 g/mol. The van der Waals surface area contributed by atoms with E-state index in [0.29, 0.717) is 30.0 Å². The summed E-state index contributed by atoms with van der Waals surface area (Å²) in [4.78, 5) is 14.9. The van der Waals surface area contributed by atoms with E-state index in [4.69, 9.17) is 9.47 Å². The molecule has 1 aromatic heterocycles. The zero-order chi connectivity index (χ0) is 17.2. The van der Waals surface area contributed by atoms with Crippen LogP contribution in [0.4, 0.5) is 0 Å². The maximum atomic E-state index is 12.2. The van der Waals surface area contributed by atoms with Crippen molar-refractivity contribution in [1.29, 1.82) is 0 Å². The second kappa shape index (κ2) is 7.43. The molecule has 7 heteroatoms. The highest BCUT2D eigenvalue weighted by molar-refractivity contribution is 5.93. The Hall–Kier alpha value is -1.44. The van der Waals surface area contributed by atoms with Gasteiger partial charge in [0.2, 0.25) is 0 Å². The van der Waals surface area contributed by atoms with Crippen molar-refractivity contribution in [2.75, 3.05) is 39.5 Å². The van der Waals surface area contributed by atoms with E-state index in [1.165, 1.54) is 13.0 Å². The number of aromatic nitrogens is 2. The van der Waals surface area contributed by atoms with Crippen LogP contribution in [0.2, 0.25) is 0 Å². The largest absolute Gasteiger partial charge is 0.381 e. The van der Waals surface area contributed by atoms with Gasteiger partial charge in [-0.1, -0.05) is 0 Å². The van der Waals surface area contributed by atoms with E-state index in [1.54, 1.807) is 17.1 Å².